The van der Waals surface area contributed by atoms with Crippen LogP contribution in [0.4, 0.5) is 4.39 Å². The predicted octanol–water partition coefficient (Wildman–Crippen LogP) is 3.32. The molecule has 0 unspecified atom stereocenters. The number of nitrogens with two attached hydrogens (primary N) is 1. The number of hydrogen-bond acceptors (Lipinski definition) is 2. The molecule has 0 bridgehead atoms. The highest BCUT2D eigenvalue weighted by atomic mass is 19.1. The van der Waals surface area contributed by atoms with Crippen LogP contribution in [0.1, 0.15) is 36.5 Å². The summed E-state index contributed by atoms with van der Waals surface area (Å²) in [6.45, 7) is 3.26. The molecule has 0 saturated carbocycles. The van der Waals surface area contributed by atoms with E-state index in [0.29, 0.717) is 18.5 Å². The summed E-state index contributed by atoms with van der Waals surface area (Å²) in [7, 11) is 0. The van der Waals surface area contributed by atoms with E-state index in [-0.39, 0.29) is 17.0 Å². The summed E-state index contributed by atoms with van der Waals surface area (Å²) < 4.78 is 14.6. The molecule has 1 saturated heterocycles. The van der Waals surface area contributed by atoms with Gasteiger partial charge in [-0.25, -0.2) is 4.39 Å². The average molecular weight is 300 g/mol. The van der Waals surface area contributed by atoms with Crippen LogP contribution in [0.15, 0.2) is 36.4 Å². The lowest BCUT2D eigenvalue weighted by atomic mass is 9.86. The molecular formula is C18H21FN2O. The zero-order chi connectivity index (χ0) is 15.7. The number of carbonyl (C=O) groups is 1. The van der Waals surface area contributed by atoms with Gasteiger partial charge in [0.1, 0.15) is 5.82 Å². The standard InChI is InChI=1S/C18H21FN2O/c1-2-18(20)9-11-21(12-10-18)17(22)15-8-7-13-5-3-4-6-14(13)16(15)19/h3-8H,2,9-12,20H2,1H3. The van der Waals surface area contributed by atoms with Gasteiger partial charge in [0, 0.05) is 24.0 Å². The van der Waals surface area contributed by atoms with Crippen LogP contribution in [0.3, 0.4) is 0 Å². The molecule has 22 heavy (non-hydrogen) atoms. The smallest absolute Gasteiger partial charge is 0.256 e. The fourth-order valence-corrected chi connectivity index (χ4v) is 3.08. The van der Waals surface area contributed by atoms with Crippen LogP contribution in [0, 0.1) is 5.82 Å². The fourth-order valence-electron chi connectivity index (χ4n) is 3.08. The van der Waals surface area contributed by atoms with Crippen molar-refractivity contribution < 1.29 is 9.18 Å². The molecule has 0 spiro atoms. The van der Waals surface area contributed by atoms with Crippen molar-refractivity contribution in [3.8, 4) is 0 Å². The molecule has 2 aromatic rings. The van der Waals surface area contributed by atoms with E-state index >= 15 is 0 Å². The molecule has 2 aromatic carbocycles. The molecule has 1 fully saturated rings. The summed E-state index contributed by atoms with van der Waals surface area (Å²) in [5, 5.41) is 1.30. The van der Waals surface area contributed by atoms with Gasteiger partial charge < -0.3 is 10.6 Å². The molecule has 1 heterocycles. The molecular weight excluding hydrogens is 279 g/mol. The lowest BCUT2D eigenvalue weighted by molar-refractivity contribution is 0.0664. The Morgan fingerprint density at radius 1 is 1.23 bits per heavy atom. The second-order valence-electron chi connectivity index (χ2n) is 6.16. The summed E-state index contributed by atoms with van der Waals surface area (Å²) in [5.74, 6) is -0.662. The molecule has 0 radical (unpaired) electrons. The van der Waals surface area contributed by atoms with Crippen LogP contribution < -0.4 is 5.73 Å². The zero-order valence-electron chi connectivity index (χ0n) is 12.8. The molecule has 0 aliphatic carbocycles. The number of benzene rings is 2. The highest BCUT2D eigenvalue weighted by molar-refractivity contribution is 5.99. The Morgan fingerprint density at radius 3 is 2.59 bits per heavy atom. The summed E-state index contributed by atoms with van der Waals surface area (Å²) >= 11 is 0. The molecule has 3 rings (SSSR count). The maximum atomic E-state index is 14.6. The predicted molar refractivity (Wildman–Crippen MR) is 86.3 cm³/mol. The molecule has 0 aromatic heterocycles. The van der Waals surface area contributed by atoms with E-state index in [4.69, 9.17) is 5.73 Å². The maximum Gasteiger partial charge on any atom is 0.256 e. The number of rotatable bonds is 2. The normalized spacial score (nSPS) is 17.7. The second-order valence-corrected chi connectivity index (χ2v) is 6.16. The minimum absolute atomic E-state index is 0.153. The number of amides is 1. The van der Waals surface area contributed by atoms with E-state index in [0.717, 1.165) is 24.6 Å². The Morgan fingerprint density at radius 2 is 1.91 bits per heavy atom. The first-order valence-electron chi connectivity index (χ1n) is 7.79. The first kappa shape index (κ1) is 15.0. The molecule has 2 N–H and O–H groups in total. The number of nitrogens with zero attached hydrogens (tertiary/aromatic N) is 1. The van der Waals surface area contributed by atoms with Gasteiger partial charge in [-0.1, -0.05) is 37.3 Å². The van der Waals surface area contributed by atoms with E-state index in [1.165, 1.54) is 0 Å². The third-order valence-corrected chi connectivity index (χ3v) is 4.84. The Labute approximate surface area is 129 Å². The van der Waals surface area contributed by atoms with Crippen LogP contribution in [0.5, 0.6) is 0 Å². The number of carbonyl (C=O) groups excluding carboxylic acids is 1. The lowest BCUT2D eigenvalue weighted by Gasteiger charge is -2.38. The molecule has 116 valence electrons. The van der Waals surface area contributed by atoms with Gasteiger partial charge in [-0.15, -0.1) is 0 Å². The molecule has 1 aliphatic heterocycles. The Bertz CT molecular complexity index is 705. The van der Waals surface area contributed by atoms with Crippen LogP contribution in [-0.4, -0.2) is 29.4 Å². The molecule has 3 nitrogen and oxygen atoms in total. The monoisotopic (exact) mass is 300 g/mol. The molecule has 1 amide bonds. The van der Waals surface area contributed by atoms with Crippen LogP contribution in [0.25, 0.3) is 10.8 Å². The van der Waals surface area contributed by atoms with Gasteiger partial charge in [-0.05, 0) is 30.7 Å². The van der Waals surface area contributed by atoms with Crippen molar-refractivity contribution in [2.75, 3.05) is 13.1 Å². The van der Waals surface area contributed by atoms with Crippen molar-refractivity contribution in [2.24, 2.45) is 5.73 Å². The minimum atomic E-state index is -0.428. The minimum Gasteiger partial charge on any atom is -0.338 e. The van der Waals surface area contributed by atoms with Gasteiger partial charge >= 0.3 is 0 Å². The van der Waals surface area contributed by atoms with E-state index in [2.05, 4.69) is 6.92 Å². The van der Waals surface area contributed by atoms with E-state index in [9.17, 15) is 9.18 Å². The topological polar surface area (TPSA) is 46.3 Å². The fraction of sp³-hybridized carbons (Fsp3) is 0.389. The number of fused-ring (bicyclic) bond motifs is 1. The van der Waals surface area contributed by atoms with Gasteiger partial charge in [-0.2, -0.15) is 0 Å². The third kappa shape index (κ3) is 2.59. The van der Waals surface area contributed by atoms with Crippen molar-refractivity contribution in [1.82, 2.24) is 4.90 Å². The van der Waals surface area contributed by atoms with Crippen LogP contribution in [0.2, 0.25) is 0 Å². The Kier molecular flexibility index (Phi) is 3.87. The van der Waals surface area contributed by atoms with Gasteiger partial charge in [0.15, 0.2) is 0 Å². The highest BCUT2D eigenvalue weighted by Gasteiger charge is 2.32. The maximum absolute atomic E-state index is 14.6. The Balaban J connectivity index is 1.86. The highest BCUT2D eigenvalue weighted by Crippen LogP contribution is 2.26. The lowest BCUT2D eigenvalue weighted by Crippen LogP contribution is -2.51. The van der Waals surface area contributed by atoms with Gasteiger partial charge in [-0.3, -0.25) is 4.79 Å². The summed E-state index contributed by atoms with van der Waals surface area (Å²) in [5.41, 5.74) is 6.22. The van der Waals surface area contributed by atoms with Crippen molar-refractivity contribution in [3.63, 3.8) is 0 Å². The summed E-state index contributed by atoms with van der Waals surface area (Å²) in [6.07, 6.45) is 2.44. The SMILES string of the molecule is CCC1(N)CCN(C(=O)c2ccc3ccccc3c2F)CC1. The summed E-state index contributed by atoms with van der Waals surface area (Å²) in [4.78, 5) is 14.3. The quantitative estimate of drug-likeness (QED) is 0.924. The van der Waals surface area contributed by atoms with Gasteiger partial charge in [0.05, 0.1) is 5.56 Å². The van der Waals surface area contributed by atoms with Crippen molar-refractivity contribution in [2.45, 2.75) is 31.7 Å². The number of hydrogen-bond donors (Lipinski definition) is 1. The zero-order valence-corrected chi connectivity index (χ0v) is 12.8. The van der Waals surface area contributed by atoms with Gasteiger partial charge in [0.25, 0.3) is 5.91 Å². The average Bonchev–Trinajstić information content (AvgIpc) is 2.56. The molecule has 1 aliphatic rings. The summed E-state index contributed by atoms with van der Waals surface area (Å²) in [6, 6.07) is 10.6. The molecule has 0 atom stereocenters. The van der Waals surface area contributed by atoms with E-state index < -0.39 is 5.82 Å². The third-order valence-electron chi connectivity index (χ3n) is 4.84. The first-order valence-corrected chi connectivity index (χ1v) is 7.79. The van der Waals surface area contributed by atoms with Crippen molar-refractivity contribution in [1.29, 1.82) is 0 Å². The van der Waals surface area contributed by atoms with E-state index in [1.54, 1.807) is 29.2 Å². The number of piperidine rings is 1. The number of halogens is 1. The van der Waals surface area contributed by atoms with Crippen LogP contribution >= 0.6 is 0 Å². The van der Waals surface area contributed by atoms with Crippen LogP contribution in [-0.2, 0) is 0 Å². The van der Waals surface area contributed by atoms with E-state index in [1.807, 2.05) is 12.1 Å². The Hall–Kier alpha value is -1.94. The number of likely N-dealkylation sites (tertiary alicyclic amines) is 1. The first-order chi connectivity index (χ1) is 10.5. The van der Waals surface area contributed by atoms with Crippen molar-refractivity contribution in [3.05, 3.63) is 47.8 Å². The van der Waals surface area contributed by atoms with Gasteiger partial charge in [0.2, 0.25) is 0 Å². The largest absolute Gasteiger partial charge is 0.338 e. The molecule has 4 heteroatoms. The van der Waals surface area contributed by atoms with Crippen molar-refractivity contribution >= 4 is 16.7 Å². The second kappa shape index (κ2) is 5.69.